The Bertz CT molecular complexity index is 144. The largest absolute Gasteiger partial charge is 0.390 e. The summed E-state index contributed by atoms with van der Waals surface area (Å²) in [5.74, 6) is 0. The van der Waals surface area contributed by atoms with E-state index < -0.39 is 6.17 Å². The summed E-state index contributed by atoms with van der Waals surface area (Å²) in [6.07, 6.45) is -1.01. The molecule has 1 unspecified atom stereocenters. The molecule has 1 N–H and O–H groups in total. The maximum absolute atomic E-state index is 10.1. The molecule has 0 radical (unpaired) electrons. The van der Waals surface area contributed by atoms with Crippen molar-refractivity contribution in [3.8, 4) is 0 Å². The van der Waals surface area contributed by atoms with Gasteiger partial charge in [-0.15, -0.1) is 0 Å². The first-order valence-electron chi connectivity index (χ1n) is 3.17. The van der Waals surface area contributed by atoms with Crippen LogP contribution in [0.3, 0.4) is 0 Å². The summed E-state index contributed by atoms with van der Waals surface area (Å²) in [5, 5.41) is 18.9. The molecule has 1 rings (SSSR count). The molecule has 1 aliphatic rings. The smallest absolute Gasteiger partial charge is 0.265 e. The molecule has 0 amide bonds. The van der Waals surface area contributed by atoms with Gasteiger partial charge in [0.2, 0.25) is 0 Å². The van der Waals surface area contributed by atoms with Gasteiger partial charge in [0.15, 0.2) is 0 Å². The molecule has 1 atom stereocenters. The molecule has 0 aromatic heterocycles. The Morgan fingerprint density at radius 1 is 1.80 bits per heavy atom. The second-order valence-electron chi connectivity index (χ2n) is 2.52. The number of nitro groups is 1. The lowest BCUT2D eigenvalue weighted by Crippen LogP contribution is -2.56. The lowest BCUT2D eigenvalue weighted by atomic mass is 10.1. The molecule has 0 aromatic rings. The number of likely N-dealkylation sites (tertiary alicyclic amines) is 1. The summed E-state index contributed by atoms with van der Waals surface area (Å²) in [6.45, 7) is 2.39. The maximum atomic E-state index is 10.1. The minimum Gasteiger partial charge on any atom is -0.390 e. The zero-order valence-electron chi connectivity index (χ0n) is 5.73. The van der Waals surface area contributed by atoms with Crippen molar-refractivity contribution in [1.82, 2.24) is 4.90 Å². The third kappa shape index (κ3) is 1.25. The lowest BCUT2D eigenvalue weighted by molar-refractivity contribution is -0.551. The molecule has 5 heteroatoms. The van der Waals surface area contributed by atoms with Crippen molar-refractivity contribution in [3.05, 3.63) is 10.1 Å². The minimum atomic E-state index is -0.650. The summed E-state index contributed by atoms with van der Waals surface area (Å²) in [7, 11) is 0. The average Bonchev–Trinajstić information content (AvgIpc) is 1.79. The van der Waals surface area contributed by atoms with E-state index in [1.54, 1.807) is 4.90 Å². The molecule has 0 aromatic carbocycles. The predicted molar refractivity (Wildman–Crippen MR) is 34.0 cm³/mol. The fraction of sp³-hybridized carbons (Fsp3) is 1.00. The van der Waals surface area contributed by atoms with E-state index >= 15 is 0 Å². The Kier molecular flexibility index (Phi) is 1.87. The van der Waals surface area contributed by atoms with Gasteiger partial charge in [-0.25, -0.2) is 4.90 Å². The second-order valence-corrected chi connectivity index (χ2v) is 2.52. The van der Waals surface area contributed by atoms with Crippen LogP contribution in [0.4, 0.5) is 0 Å². The minimum absolute atomic E-state index is 0.355. The average molecular weight is 146 g/mol. The van der Waals surface area contributed by atoms with Gasteiger partial charge in [0.25, 0.3) is 6.17 Å². The number of nitrogens with zero attached hydrogens (tertiary/aromatic N) is 2. The van der Waals surface area contributed by atoms with Crippen LogP contribution in [0.2, 0.25) is 0 Å². The van der Waals surface area contributed by atoms with Crippen LogP contribution in [-0.2, 0) is 0 Å². The van der Waals surface area contributed by atoms with Gasteiger partial charge in [-0.05, 0) is 0 Å². The van der Waals surface area contributed by atoms with E-state index in [1.165, 1.54) is 6.92 Å². The zero-order chi connectivity index (χ0) is 7.72. The first kappa shape index (κ1) is 7.43. The highest BCUT2D eigenvalue weighted by molar-refractivity contribution is 4.78. The Morgan fingerprint density at radius 3 is 2.60 bits per heavy atom. The topological polar surface area (TPSA) is 66.6 Å². The van der Waals surface area contributed by atoms with Crippen molar-refractivity contribution in [1.29, 1.82) is 0 Å². The Morgan fingerprint density at radius 2 is 2.30 bits per heavy atom. The van der Waals surface area contributed by atoms with Gasteiger partial charge in [0, 0.05) is 24.9 Å². The van der Waals surface area contributed by atoms with Gasteiger partial charge in [0.1, 0.15) is 0 Å². The Hall–Kier alpha value is -0.680. The van der Waals surface area contributed by atoms with Crippen LogP contribution in [0.5, 0.6) is 0 Å². The van der Waals surface area contributed by atoms with E-state index in [1.807, 2.05) is 0 Å². The van der Waals surface area contributed by atoms with Gasteiger partial charge in [-0.2, -0.15) is 0 Å². The number of hydrogen-bond acceptors (Lipinski definition) is 4. The van der Waals surface area contributed by atoms with Crippen LogP contribution >= 0.6 is 0 Å². The number of aliphatic hydroxyl groups excluding tert-OH is 1. The summed E-state index contributed by atoms with van der Waals surface area (Å²) in [5.41, 5.74) is 0. The third-order valence-electron chi connectivity index (χ3n) is 1.72. The molecular weight excluding hydrogens is 136 g/mol. The van der Waals surface area contributed by atoms with Crippen molar-refractivity contribution in [3.63, 3.8) is 0 Å². The fourth-order valence-corrected chi connectivity index (χ4v) is 0.926. The van der Waals surface area contributed by atoms with E-state index in [0.29, 0.717) is 13.1 Å². The van der Waals surface area contributed by atoms with Crippen molar-refractivity contribution in [2.45, 2.75) is 19.2 Å². The van der Waals surface area contributed by atoms with Crippen LogP contribution in [-0.4, -0.2) is 40.3 Å². The standard InChI is InChI=1S/C5H10N2O3/c1-4(7(9)10)6-2-5(8)3-6/h4-5,8H,2-3H2,1H3. The van der Waals surface area contributed by atoms with Gasteiger partial charge in [-0.1, -0.05) is 0 Å². The maximum Gasteiger partial charge on any atom is 0.265 e. The van der Waals surface area contributed by atoms with Crippen LogP contribution in [0.25, 0.3) is 0 Å². The molecule has 5 nitrogen and oxygen atoms in total. The molecule has 0 aliphatic carbocycles. The van der Waals surface area contributed by atoms with E-state index in [2.05, 4.69) is 0 Å². The van der Waals surface area contributed by atoms with E-state index in [-0.39, 0.29) is 11.0 Å². The summed E-state index contributed by atoms with van der Waals surface area (Å²) < 4.78 is 0. The van der Waals surface area contributed by atoms with Crippen molar-refractivity contribution < 1.29 is 10.0 Å². The quantitative estimate of drug-likeness (QED) is 0.412. The number of rotatable bonds is 2. The van der Waals surface area contributed by atoms with Gasteiger partial charge >= 0.3 is 0 Å². The molecular formula is C5H10N2O3. The highest BCUT2D eigenvalue weighted by Crippen LogP contribution is 2.11. The zero-order valence-corrected chi connectivity index (χ0v) is 5.73. The highest BCUT2D eigenvalue weighted by Gasteiger charge is 2.34. The predicted octanol–water partition coefficient (Wildman–Crippen LogP) is -0.714. The molecule has 1 aliphatic heterocycles. The second kappa shape index (κ2) is 2.51. The SMILES string of the molecule is CC(N1CC(O)C1)[N+](=O)[O-]. The third-order valence-corrected chi connectivity index (χ3v) is 1.72. The van der Waals surface area contributed by atoms with Crippen LogP contribution in [0.1, 0.15) is 6.92 Å². The van der Waals surface area contributed by atoms with E-state index in [4.69, 9.17) is 5.11 Å². The van der Waals surface area contributed by atoms with Crippen LogP contribution in [0, 0.1) is 10.1 Å². The molecule has 0 saturated carbocycles. The molecule has 1 heterocycles. The van der Waals surface area contributed by atoms with Crippen molar-refractivity contribution >= 4 is 0 Å². The number of β-amino-alcohol motifs (C(OH)–C–C–N with tert-alkyl or cyclic N) is 1. The number of aliphatic hydroxyl groups is 1. The van der Waals surface area contributed by atoms with Crippen molar-refractivity contribution in [2.24, 2.45) is 0 Å². The highest BCUT2D eigenvalue weighted by atomic mass is 16.6. The van der Waals surface area contributed by atoms with E-state index in [9.17, 15) is 10.1 Å². The van der Waals surface area contributed by atoms with Gasteiger partial charge < -0.3 is 5.11 Å². The number of hydrogen-bond donors (Lipinski definition) is 1. The molecule has 0 bridgehead atoms. The van der Waals surface area contributed by atoms with Gasteiger partial charge in [-0.3, -0.25) is 10.1 Å². The molecule has 58 valence electrons. The van der Waals surface area contributed by atoms with E-state index in [0.717, 1.165) is 0 Å². The molecule has 1 saturated heterocycles. The molecule has 0 spiro atoms. The summed E-state index contributed by atoms with van der Waals surface area (Å²) >= 11 is 0. The van der Waals surface area contributed by atoms with Gasteiger partial charge in [0.05, 0.1) is 6.10 Å². The lowest BCUT2D eigenvalue weighted by Gasteiger charge is -2.35. The fourth-order valence-electron chi connectivity index (χ4n) is 0.926. The Labute approximate surface area is 58.4 Å². The van der Waals surface area contributed by atoms with Crippen LogP contribution < -0.4 is 0 Å². The Balaban J connectivity index is 2.31. The first-order valence-corrected chi connectivity index (χ1v) is 3.17. The monoisotopic (exact) mass is 146 g/mol. The normalized spacial score (nSPS) is 23.8. The van der Waals surface area contributed by atoms with Crippen LogP contribution in [0.15, 0.2) is 0 Å². The summed E-state index contributed by atoms with van der Waals surface area (Å²) in [6, 6.07) is 0. The molecule has 10 heavy (non-hydrogen) atoms. The first-order chi connectivity index (χ1) is 4.61. The summed E-state index contributed by atoms with van der Waals surface area (Å²) in [4.78, 5) is 11.4. The van der Waals surface area contributed by atoms with Crippen molar-refractivity contribution in [2.75, 3.05) is 13.1 Å². The molecule has 1 fully saturated rings.